The molecular weight excluding hydrogens is 112 g/mol. The van der Waals surface area contributed by atoms with E-state index < -0.39 is 0 Å². The monoisotopic (exact) mass is 122 g/mol. The van der Waals surface area contributed by atoms with E-state index in [2.05, 4.69) is 25.3 Å². The molecule has 0 aromatic heterocycles. The first-order valence-corrected chi connectivity index (χ1v) is 3.04. The molecule has 0 bridgehead atoms. The van der Waals surface area contributed by atoms with Gasteiger partial charge in [0.2, 0.25) is 0 Å². The van der Waals surface area contributed by atoms with E-state index >= 15 is 0 Å². The molecular formula is C4H10S2. The van der Waals surface area contributed by atoms with Gasteiger partial charge in [-0.15, -0.1) is 0 Å². The molecule has 6 heavy (non-hydrogen) atoms. The van der Waals surface area contributed by atoms with Crippen molar-refractivity contribution in [2.45, 2.75) is 24.3 Å². The van der Waals surface area contributed by atoms with Crippen molar-refractivity contribution in [1.29, 1.82) is 0 Å². The van der Waals surface area contributed by atoms with E-state index in [0.717, 1.165) is 0 Å². The molecule has 0 aromatic rings. The molecule has 0 aliphatic rings. The molecule has 0 aliphatic carbocycles. The highest BCUT2D eigenvalue weighted by atomic mass is 32.1. The Morgan fingerprint density at radius 3 is 1.17 bits per heavy atom. The third-order valence-corrected chi connectivity index (χ3v) is 1.83. The van der Waals surface area contributed by atoms with Crippen LogP contribution in [0, 0.1) is 0 Å². The largest absolute Gasteiger partial charge is 0.175 e. The van der Waals surface area contributed by atoms with Crippen molar-refractivity contribution in [1.82, 2.24) is 0 Å². The zero-order valence-electron chi connectivity index (χ0n) is 4.05. The Labute approximate surface area is 50.1 Å². The lowest BCUT2D eigenvalue weighted by molar-refractivity contribution is 0.941. The second-order valence-corrected chi connectivity index (χ2v) is 3.11. The Morgan fingerprint density at radius 1 is 1.00 bits per heavy atom. The van der Waals surface area contributed by atoms with Crippen LogP contribution in [-0.4, -0.2) is 10.5 Å². The first-order valence-electron chi connectivity index (χ1n) is 2.00. The standard InChI is InChI=1S/C4H10S2/c1-3(5)4(2)6/h3-6H,1-2H3/t3-,4?/m1/s1. The summed E-state index contributed by atoms with van der Waals surface area (Å²) in [6.45, 7) is 4.06. The summed E-state index contributed by atoms with van der Waals surface area (Å²) in [5, 5.41) is 0.821. The van der Waals surface area contributed by atoms with Crippen molar-refractivity contribution in [3.8, 4) is 0 Å². The number of rotatable bonds is 1. The summed E-state index contributed by atoms with van der Waals surface area (Å²) in [6, 6.07) is 0. The topological polar surface area (TPSA) is 0 Å². The van der Waals surface area contributed by atoms with Gasteiger partial charge in [-0.25, -0.2) is 0 Å². The molecule has 2 atom stereocenters. The third-order valence-electron chi connectivity index (χ3n) is 0.698. The minimum absolute atomic E-state index is 0.410. The molecule has 2 heteroatoms. The molecule has 0 N–H and O–H groups in total. The Kier molecular flexibility index (Phi) is 3.13. The maximum Gasteiger partial charge on any atom is 0.0102 e. The highest BCUT2D eigenvalue weighted by Gasteiger charge is 1.97. The molecule has 0 nitrogen and oxygen atoms in total. The molecule has 0 aliphatic heterocycles. The zero-order chi connectivity index (χ0) is 5.15. The van der Waals surface area contributed by atoms with Crippen LogP contribution in [0.15, 0.2) is 0 Å². The molecule has 0 heterocycles. The summed E-state index contributed by atoms with van der Waals surface area (Å²) in [5.74, 6) is 0. The Hall–Kier alpha value is 0.700. The van der Waals surface area contributed by atoms with Gasteiger partial charge in [-0.2, -0.15) is 25.3 Å². The molecule has 0 saturated carbocycles. The van der Waals surface area contributed by atoms with Gasteiger partial charge in [0, 0.05) is 10.5 Å². The van der Waals surface area contributed by atoms with E-state index in [1.54, 1.807) is 0 Å². The fraction of sp³-hybridized carbons (Fsp3) is 1.00. The molecule has 0 aromatic carbocycles. The van der Waals surface area contributed by atoms with Crippen LogP contribution in [0.25, 0.3) is 0 Å². The molecule has 0 saturated heterocycles. The summed E-state index contributed by atoms with van der Waals surface area (Å²) in [5.41, 5.74) is 0. The smallest absolute Gasteiger partial charge is 0.0102 e. The van der Waals surface area contributed by atoms with Crippen LogP contribution in [0.5, 0.6) is 0 Å². The maximum absolute atomic E-state index is 4.12. The minimum Gasteiger partial charge on any atom is -0.175 e. The van der Waals surface area contributed by atoms with E-state index in [-0.39, 0.29) is 0 Å². The summed E-state index contributed by atoms with van der Waals surface area (Å²) >= 11 is 8.23. The van der Waals surface area contributed by atoms with Crippen LogP contribution < -0.4 is 0 Å². The highest BCUT2D eigenvalue weighted by molar-refractivity contribution is 7.85. The summed E-state index contributed by atoms with van der Waals surface area (Å²) in [6.07, 6.45) is 0. The second kappa shape index (κ2) is 2.80. The van der Waals surface area contributed by atoms with Crippen molar-refractivity contribution in [3.05, 3.63) is 0 Å². The fourth-order valence-corrected chi connectivity index (χ4v) is 0. The number of hydrogen-bond acceptors (Lipinski definition) is 2. The van der Waals surface area contributed by atoms with Gasteiger partial charge in [0.25, 0.3) is 0 Å². The number of thiol groups is 2. The van der Waals surface area contributed by atoms with E-state index in [9.17, 15) is 0 Å². The van der Waals surface area contributed by atoms with E-state index in [0.29, 0.717) is 10.5 Å². The predicted molar refractivity (Wildman–Crippen MR) is 36.9 cm³/mol. The van der Waals surface area contributed by atoms with Crippen LogP contribution in [0.4, 0.5) is 0 Å². The summed E-state index contributed by atoms with van der Waals surface area (Å²) in [7, 11) is 0. The Bertz CT molecular complexity index is 26.5. The van der Waals surface area contributed by atoms with Crippen LogP contribution >= 0.6 is 25.3 Å². The van der Waals surface area contributed by atoms with Gasteiger partial charge >= 0.3 is 0 Å². The van der Waals surface area contributed by atoms with Gasteiger partial charge in [-0.1, -0.05) is 13.8 Å². The van der Waals surface area contributed by atoms with Crippen molar-refractivity contribution in [2.24, 2.45) is 0 Å². The molecule has 0 amide bonds. The third kappa shape index (κ3) is 2.91. The quantitative estimate of drug-likeness (QED) is 0.485. The van der Waals surface area contributed by atoms with E-state index in [4.69, 9.17) is 0 Å². The fourth-order valence-electron chi connectivity index (χ4n) is 0. The van der Waals surface area contributed by atoms with Crippen LogP contribution in [0.1, 0.15) is 13.8 Å². The first kappa shape index (κ1) is 6.70. The van der Waals surface area contributed by atoms with Gasteiger partial charge < -0.3 is 0 Å². The first-order chi connectivity index (χ1) is 2.64. The molecule has 0 radical (unpaired) electrons. The van der Waals surface area contributed by atoms with Crippen molar-refractivity contribution in [2.75, 3.05) is 0 Å². The lowest BCUT2D eigenvalue weighted by Crippen LogP contribution is -2.04. The maximum atomic E-state index is 4.12. The zero-order valence-corrected chi connectivity index (χ0v) is 5.84. The average molecular weight is 122 g/mol. The molecule has 0 fully saturated rings. The second-order valence-electron chi connectivity index (χ2n) is 1.48. The van der Waals surface area contributed by atoms with Gasteiger partial charge in [0.05, 0.1) is 0 Å². The van der Waals surface area contributed by atoms with Crippen LogP contribution in [0.3, 0.4) is 0 Å². The van der Waals surface area contributed by atoms with Gasteiger partial charge in [-0.05, 0) is 0 Å². The van der Waals surface area contributed by atoms with E-state index in [1.807, 2.05) is 13.8 Å². The normalized spacial score (nSPS) is 20.0. The van der Waals surface area contributed by atoms with Crippen LogP contribution in [-0.2, 0) is 0 Å². The molecule has 1 unspecified atom stereocenters. The molecule has 38 valence electrons. The molecule has 0 spiro atoms. The Balaban J connectivity index is 2.99. The predicted octanol–water partition coefficient (Wildman–Crippen LogP) is 1.62. The van der Waals surface area contributed by atoms with E-state index in [1.165, 1.54) is 0 Å². The van der Waals surface area contributed by atoms with Gasteiger partial charge in [0.1, 0.15) is 0 Å². The van der Waals surface area contributed by atoms with Crippen molar-refractivity contribution in [3.63, 3.8) is 0 Å². The summed E-state index contributed by atoms with van der Waals surface area (Å²) in [4.78, 5) is 0. The minimum atomic E-state index is 0.410. The van der Waals surface area contributed by atoms with Gasteiger partial charge in [-0.3, -0.25) is 0 Å². The average Bonchev–Trinajstić information content (AvgIpc) is 1.36. The lowest BCUT2D eigenvalue weighted by Gasteiger charge is -2.03. The molecule has 0 rings (SSSR count). The van der Waals surface area contributed by atoms with Gasteiger partial charge in [0.15, 0.2) is 0 Å². The van der Waals surface area contributed by atoms with Crippen LogP contribution in [0.2, 0.25) is 0 Å². The van der Waals surface area contributed by atoms with Crippen molar-refractivity contribution >= 4 is 25.3 Å². The lowest BCUT2D eigenvalue weighted by atomic mass is 10.4. The Morgan fingerprint density at radius 2 is 1.17 bits per heavy atom. The SMILES string of the molecule is CC(S)[C@@H](C)S. The summed E-state index contributed by atoms with van der Waals surface area (Å²) < 4.78 is 0. The number of hydrogen-bond donors (Lipinski definition) is 2. The highest BCUT2D eigenvalue weighted by Crippen LogP contribution is 2.04. The van der Waals surface area contributed by atoms with Crippen molar-refractivity contribution < 1.29 is 0 Å².